The number of aryl methyl sites for hydroxylation is 2. The van der Waals surface area contributed by atoms with Crippen LogP contribution in [-0.2, 0) is 18.3 Å². The molecule has 0 atom stereocenters. The summed E-state index contributed by atoms with van der Waals surface area (Å²) in [4.78, 5) is 12.9. The van der Waals surface area contributed by atoms with Crippen molar-refractivity contribution >= 4 is 11.7 Å². The van der Waals surface area contributed by atoms with Gasteiger partial charge in [0.25, 0.3) is 0 Å². The first-order valence-corrected chi connectivity index (χ1v) is 5.55. The number of carbonyl (C=O) groups is 1. The molecule has 0 unspecified atom stereocenters. The van der Waals surface area contributed by atoms with Crippen LogP contribution in [0.25, 0.3) is 0 Å². The molecule has 0 saturated heterocycles. The zero-order chi connectivity index (χ0) is 13.0. The highest BCUT2D eigenvalue weighted by atomic mass is 19.1. The van der Waals surface area contributed by atoms with Crippen LogP contribution in [0.15, 0.2) is 30.5 Å². The number of hydrogen-bond donors (Lipinski definition) is 1. The van der Waals surface area contributed by atoms with Crippen LogP contribution >= 0.6 is 0 Å². The Morgan fingerprint density at radius 2 is 2.22 bits per heavy atom. The second-order valence-corrected chi connectivity index (χ2v) is 3.86. The van der Waals surface area contributed by atoms with Gasteiger partial charge in [-0.25, -0.2) is 4.39 Å². The Labute approximate surface area is 104 Å². The van der Waals surface area contributed by atoms with Crippen LogP contribution in [0.3, 0.4) is 0 Å². The molecule has 1 aromatic heterocycles. The number of benzene rings is 1. The van der Waals surface area contributed by atoms with Gasteiger partial charge < -0.3 is 5.32 Å². The smallest absolute Gasteiger partial charge is 0.225 e. The molecule has 1 N–H and O–H groups in total. The maximum Gasteiger partial charge on any atom is 0.225 e. The Kier molecular flexibility index (Phi) is 3.66. The van der Waals surface area contributed by atoms with Gasteiger partial charge in [-0.05, 0) is 18.1 Å². The first-order chi connectivity index (χ1) is 8.65. The Bertz CT molecular complexity index is 553. The van der Waals surface area contributed by atoms with Gasteiger partial charge in [0.1, 0.15) is 5.82 Å². The molecule has 5 nitrogen and oxygen atoms in total. The van der Waals surface area contributed by atoms with Crippen LogP contribution in [0.1, 0.15) is 12.0 Å². The van der Waals surface area contributed by atoms with Crippen molar-refractivity contribution in [1.82, 2.24) is 15.0 Å². The first-order valence-electron chi connectivity index (χ1n) is 5.55. The van der Waals surface area contributed by atoms with Crippen molar-refractivity contribution < 1.29 is 9.18 Å². The predicted molar refractivity (Wildman–Crippen MR) is 64.4 cm³/mol. The van der Waals surface area contributed by atoms with Crippen molar-refractivity contribution in [3.8, 4) is 0 Å². The molecule has 0 aliphatic rings. The summed E-state index contributed by atoms with van der Waals surface area (Å²) in [5.41, 5.74) is 0.534. The lowest BCUT2D eigenvalue weighted by atomic mass is 10.1. The molecule has 2 aromatic rings. The summed E-state index contributed by atoms with van der Waals surface area (Å²) in [5, 5.41) is 10.4. The minimum absolute atomic E-state index is 0.206. The van der Waals surface area contributed by atoms with Crippen molar-refractivity contribution in [2.75, 3.05) is 5.32 Å². The summed E-state index contributed by atoms with van der Waals surface area (Å²) < 4.78 is 13.3. The van der Waals surface area contributed by atoms with E-state index in [0.717, 1.165) is 0 Å². The Morgan fingerprint density at radius 1 is 1.44 bits per heavy atom. The minimum Gasteiger partial charge on any atom is -0.308 e. The minimum atomic E-state index is -0.287. The topological polar surface area (TPSA) is 59.8 Å². The molecular formula is C12H13FN4O. The van der Waals surface area contributed by atoms with Gasteiger partial charge in [0.15, 0.2) is 5.82 Å². The molecule has 0 bridgehead atoms. The number of halogens is 1. The Morgan fingerprint density at radius 3 is 2.89 bits per heavy atom. The maximum absolute atomic E-state index is 13.3. The van der Waals surface area contributed by atoms with Gasteiger partial charge in [0.05, 0.1) is 6.20 Å². The monoisotopic (exact) mass is 248 g/mol. The summed E-state index contributed by atoms with van der Waals surface area (Å²) in [6, 6.07) is 6.43. The lowest BCUT2D eigenvalue weighted by Gasteiger charge is -2.03. The third kappa shape index (κ3) is 3.13. The average Bonchev–Trinajstić information content (AvgIpc) is 2.74. The summed E-state index contributed by atoms with van der Waals surface area (Å²) in [5.74, 6) is -0.0976. The molecule has 0 aliphatic carbocycles. The molecular weight excluding hydrogens is 235 g/mol. The number of anilines is 1. The second-order valence-electron chi connectivity index (χ2n) is 3.86. The van der Waals surface area contributed by atoms with E-state index < -0.39 is 0 Å². The highest BCUT2D eigenvalue weighted by Gasteiger charge is 2.07. The van der Waals surface area contributed by atoms with E-state index in [1.54, 1.807) is 25.2 Å². The number of nitrogens with one attached hydrogen (secondary N) is 1. The molecule has 1 amide bonds. The van der Waals surface area contributed by atoms with Crippen molar-refractivity contribution in [3.05, 3.63) is 41.8 Å². The standard InChI is InChI=1S/C12H13FN4O/c1-17-14-8-11(16-17)15-12(18)7-6-9-4-2-3-5-10(9)13/h2-5,8H,6-7H2,1H3,(H,15,16,18). The van der Waals surface area contributed by atoms with E-state index >= 15 is 0 Å². The van der Waals surface area contributed by atoms with Gasteiger partial charge in [-0.1, -0.05) is 18.2 Å². The average molecular weight is 248 g/mol. The fourth-order valence-electron chi connectivity index (χ4n) is 1.56. The number of nitrogens with zero attached hydrogens (tertiary/aromatic N) is 3. The highest BCUT2D eigenvalue weighted by molar-refractivity contribution is 5.89. The van der Waals surface area contributed by atoms with Crippen molar-refractivity contribution in [3.63, 3.8) is 0 Å². The molecule has 94 valence electrons. The number of hydrogen-bond acceptors (Lipinski definition) is 3. The van der Waals surface area contributed by atoms with Gasteiger partial charge in [-0.2, -0.15) is 9.90 Å². The summed E-state index contributed by atoms with van der Waals surface area (Å²) in [7, 11) is 1.66. The molecule has 1 aromatic carbocycles. The first kappa shape index (κ1) is 12.2. The maximum atomic E-state index is 13.3. The largest absolute Gasteiger partial charge is 0.308 e. The summed E-state index contributed by atoms with van der Waals surface area (Å²) >= 11 is 0. The number of carbonyl (C=O) groups excluding carboxylic acids is 1. The summed E-state index contributed by atoms with van der Waals surface area (Å²) in [6.45, 7) is 0. The summed E-state index contributed by atoms with van der Waals surface area (Å²) in [6.07, 6.45) is 2.03. The molecule has 18 heavy (non-hydrogen) atoms. The Hall–Kier alpha value is -2.24. The van der Waals surface area contributed by atoms with Crippen LogP contribution in [0, 0.1) is 5.82 Å². The molecule has 0 radical (unpaired) electrons. The molecule has 0 aliphatic heterocycles. The van der Waals surface area contributed by atoms with E-state index in [0.29, 0.717) is 17.8 Å². The fraction of sp³-hybridized carbons (Fsp3) is 0.250. The fourth-order valence-corrected chi connectivity index (χ4v) is 1.56. The van der Waals surface area contributed by atoms with Crippen LogP contribution in [0.5, 0.6) is 0 Å². The van der Waals surface area contributed by atoms with Crippen LogP contribution < -0.4 is 5.32 Å². The third-order valence-electron chi connectivity index (χ3n) is 2.45. The van der Waals surface area contributed by atoms with E-state index in [1.807, 2.05) is 0 Å². The van der Waals surface area contributed by atoms with Crippen molar-refractivity contribution in [2.24, 2.45) is 7.05 Å². The second kappa shape index (κ2) is 5.39. The predicted octanol–water partition coefficient (Wildman–Crippen LogP) is 1.53. The third-order valence-corrected chi connectivity index (χ3v) is 2.45. The SMILES string of the molecule is Cn1ncc(NC(=O)CCc2ccccc2F)n1. The number of amides is 1. The van der Waals surface area contributed by atoms with Gasteiger partial charge in [-0.15, -0.1) is 5.10 Å². The van der Waals surface area contributed by atoms with E-state index in [-0.39, 0.29) is 18.1 Å². The molecule has 2 rings (SSSR count). The normalized spacial score (nSPS) is 10.3. The zero-order valence-corrected chi connectivity index (χ0v) is 9.93. The van der Waals surface area contributed by atoms with E-state index in [1.165, 1.54) is 17.1 Å². The highest BCUT2D eigenvalue weighted by Crippen LogP contribution is 2.09. The van der Waals surface area contributed by atoms with Crippen molar-refractivity contribution in [1.29, 1.82) is 0 Å². The van der Waals surface area contributed by atoms with Crippen LogP contribution in [0.4, 0.5) is 10.2 Å². The molecule has 1 heterocycles. The Balaban J connectivity index is 1.87. The lowest BCUT2D eigenvalue weighted by molar-refractivity contribution is -0.116. The molecule has 0 saturated carbocycles. The number of aromatic nitrogens is 3. The van der Waals surface area contributed by atoms with E-state index in [2.05, 4.69) is 15.5 Å². The number of rotatable bonds is 4. The van der Waals surface area contributed by atoms with E-state index in [9.17, 15) is 9.18 Å². The van der Waals surface area contributed by atoms with E-state index in [4.69, 9.17) is 0 Å². The quantitative estimate of drug-likeness (QED) is 0.892. The van der Waals surface area contributed by atoms with Gasteiger partial charge in [0.2, 0.25) is 5.91 Å². The molecule has 0 spiro atoms. The molecule has 0 fully saturated rings. The zero-order valence-electron chi connectivity index (χ0n) is 9.93. The molecule has 6 heteroatoms. The van der Waals surface area contributed by atoms with Gasteiger partial charge in [-0.3, -0.25) is 4.79 Å². The van der Waals surface area contributed by atoms with Crippen molar-refractivity contribution in [2.45, 2.75) is 12.8 Å². The van der Waals surface area contributed by atoms with Gasteiger partial charge >= 0.3 is 0 Å². The van der Waals surface area contributed by atoms with Crippen LogP contribution in [-0.4, -0.2) is 20.9 Å². The van der Waals surface area contributed by atoms with Crippen LogP contribution in [0.2, 0.25) is 0 Å². The van der Waals surface area contributed by atoms with Gasteiger partial charge in [0, 0.05) is 13.5 Å². The lowest BCUT2D eigenvalue weighted by Crippen LogP contribution is -2.13.